The van der Waals surface area contributed by atoms with E-state index in [2.05, 4.69) is 5.32 Å². The van der Waals surface area contributed by atoms with E-state index in [1.807, 2.05) is 0 Å². The molecule has 3 rings (SSSR count). The van der Waals surface area contributed by atoms with Gasteiger partial charge in [0, 0.05) is 13.2 Å². The first kappa shape index (κ1) is 14.5. The molecule has 3 atom stereocenters. The maximum absolute atomic E-state index is 13.1. The summed E-state index contributed by atoms with van der Waals surface area (Å²) in [6.07, 6.45) is 2.61. The van der Waals surface area contributed by atoms with Gasteiger partial charge in [0.25, 0.3) is 0 Å². The maximum atomic E-state index is 13.1. The second-order valence-electron chi connectivity index (χ2n) is 5.65. The number of hydrogen-bond acceptors (Lipinski definition) is 3. The van der Waals surface area contributed by atoms with Crippen molar-refractivity contribution in [3.05, 3.63) is 35.6 Å². The zero-order valence-electron chi connectivity index (χ0n) is 11.9. The van der Waals surface area contributed by atoms with Crippen LogP contribution in [0, 0.1) is 11.7 Å². The fourth-order valence-corrected chi connectivity index (χ4v) is 2.94. The van der Waals surface area contributed by atoms with Crippen LogP contribution >= 0.6 is 0 Å². The van der Waals surface area contributed by atoms with Crippen LogP contribution in [0.1, 0.15) is 30.9 Å². The van der Waals surface area contributed by atoms with Gasteiger partial charge in [-0.05, 0) is 37.0 Å². The Hall–Kier alpha value is -1.46. The van der Waals surface area contributed by atoms with Crippen molar-refractivity contribution in [3.8, 4) is 0 Å². The molecule has 4 nitrogen and oxygen atoms in total. The molecule has 2 aliphatic rings. The Kier molecular flexibility index (Phi) is 4.51. The van der Waals surface area contributed by atoms with Gasteiger partial charge in [-0.1, -0.05) is 12.1 Å². The Balaban J connectivity index is 1.75. The third-order valence-electron chi connectivity index (χ3n) is 4.16. The van der Waals surface area contributed by atoms with Crippen molar-refractivity contribution < 1.29 is 18.7 Å². The van der Waals surface area contributed by atoms with Crippen molar-refractivity contribution >= 4 is 5.91 Å². The summed E-state index contributed by atoms with van der Waals surface area (Å²) in [5.74, 6) is -0.368. The molecule has 2 aliphatic heterocycles. The number of hydrogen-bond donors (Lipinski definition) is 1. The molecular formula is C16H20FNO3. The molecule has 0 unspecified atom stereocenters. The summed E-state index contributed by atoms with van der Waals surface area (Å²) in [6, 6.07) is 6.05. The van der Waals surface area contributed by atoms with Crippen LogP contribution in [0.15, 0.2) is 24.3 Å². The average Bonchev–Trinajstić information content (AvgIpc) is 3.19. The van der Waals surface area contributed by atoms with E-state index in [0.717, 1.165) is 24.8 Å². The largest absolute Gasteiger partial charge is 0.381 e. The van der Waals surface area contributed by atoms with Crippen molar-refractivity contribution in [2.75, 3.05) is 19.8 Å². The quantitative estimate of drug-likeness (QED) is 0.926. The van der Waals surface area contributed by atoms with E-state index in [4.69, 9.17) is 9.47 Å². The zero-order valence-corrected chi connectivity index (χ0v) is 11.9. The minimum Gasteiger partial charge on any atom is -0.381 e. The first-order valence-electron chi connectivity index (χ1n) is 7.49. The predicted octanol–water partition coefficient (Wildman–Crippen LogP) is 2.20. The first-order chi connectivity index (χ1) is 10.2. The van der Waals surface area contributed by atoms with E-state index < -0.39 is 0 Å². The van der Waals surface area contributed by atoms with Crippen molar-refractivity contribution in [2.24, 2.45) is 5.92 Å². The molecule has 114 valence electrons. The van der Waals surface area contributed by atoms with Gasteiger partial charge < -0.3 is 14.8 Å². The molecule has 0 bridgehead atoms. The number of ether oxygens (including phenoxy) is 2. The standard InChI is InChI=1S/C16H20FNO3/c17-13-5-3-11(4-6-13)15(14-2-1-8-21-14)18-16(19)12-7-9-20-10-12/h3-6,12,14-15H,1-2,7-10H2,(H,18,19)/t12-,14+,15+/m0/s1. The summed E-state index contributed by atoms with van der Waals surface area (Å²) >= 11 is 0. The molecule has 2 saturated heterocycles. The lowest BCUT2D eigenvalue weighted by Crippen LogP contribution is -2.39. The summed E-state index contributed by atoms with van der Waals surface area (Å²) in [4.78, 5) is 12.3. The molecule has 1 aromatic rings. The highest BCUT2D eigenvalue weighted by molar-refractivity contribution is 5.79. The Morgan fingerprint density at radius 1 is 1.24 bits per heavy atom. The molecule has 1 N–H and O–H groups in total. The Bertz CT molecular complexity index is 479. The average molecular weight is 293 g/mol. The van der Waals surface area contributed by atoms with Crippen LogP contribution in [0.25, 0.3) is 0 Å². The summed E-state index contributed by atoms with van der Waals surface area (Å²) in [5.41, 5.74) is 0.885. The van der Waals surface area contributed by atoms with Gasteiger partial charge >= 0.3 is 0 Å². The molecular weight excluding hydrogens is 273 g/mol. The van der Waals surface area contributed by atoms with Crippen LogP contribution in [0.2, 0.25) is 0 Å². The summed E-state index contributed by atoms with van der Waals surface area (Å²) in [6.45, 7) is 1.83. The normalized spacial score (nSPS) is 26.7. The van der Waals surface area contributed by atoms with Crippen molar-refractivity contribution in [2.45, 2.75) is 31.4 Å². The van der Waals surface area contributed by atoms with Gasteiger partial charge in [-0.3, -0.25) is 4.79 Å². The Morgan fingerprint density at radius 3 is 2.67 bits per heavy atom. The van der Waals surface area contributed by atoms with Crippen LogP contribution in [0.5, 0.6) is 0 Å². The van der Waals surface area contributed by atoms with Gasteiger partial charge in [-0.25, -0.2) is 4.39 Å². The van der Waals surface area contributed by atoms with E-state index in [1.54, 1.807) is 12.1 Å². The SMILES string of the molecule is O=C(N[C@H](c1ccc(F)cc1)[C@H]1CCCO1)[C@H]1CCOC1. The third-order valence-corrected chi connectivity index (χ3v) is 4.16. The second kappa shape index (κ2) is 6.54. The smallest absolute Gasteiger partial charge is 0.226 e. The Labute approximate surface area is 123 Å². The number of benzene rings is 1. The summed E-state index contributed by atoms with van der Waals surface area (Å²) in [5, 5.41) is 3.07. The summed E-state index contributed by atoms with van der Waals surface area (Å²) in [7, 11) is 0. The van der Waals surface area contributed by atoms with Gasteiger partial charge in [-0.15, -0.1) is 0 Å². The van der Waals surface area contributed by atoms with Gasteiger partial charge in [0.1, 0.15) is 5.82 Å². The van der Waals surface area contributed by atoms with Crippen LogP contribution in [0.3, 0.4) is 0 Å². The molecule has 0 aromatic heterocycles. The fraction of sp³-hybridized carbons (Fsp3) is 0.562. The number of carbonyl (C=O) groups is 1. The molecule has 0 radical (unpaired) electrons. The molecule has 5 heteroatoms. The molecule has 1 amide bonds. The zero-order chi connectivity index (χ0) is 14.7. The highest BCUT2D eigenvalue weighted by Gasteiger charge is 2.32. The van der Waals surface area contributed by atoms with Crippen molar-refractivity contribution in [3.63, 3.8) is 0 Å². The fourth-order valence-electron chi connectivity index (χ4n) is 2.94. The first-order valence-corrected chi connectivity index (χ1v) is 7.49. The predicted molar refractivity (Wildman–Crippen MR) is 75.2 cm³/mol. The highest BCUT2D eigenvalue weighted by atomic mass is 19.1. The lowest BCUT2D eigenvalue weighted by atomic mass is 9.98. The van der Waals surface area contributed by atoms with E-state index in [1.165, 1.54) is 12.1 Å². The molecule has 2 fully saturated rings. The molecule has 21 heavy (non-hydrogen) atoms. The molecule has 0 aliphatic carbocycles. The number of carbonyl (C=O) groups excluding carboxylic acids is 1. The Morgan fingerprint density at radius 2 is 2.05 bits per heavy atom. The lowest BCUT2D eigenvalue weighted by molar-refractivity contribution is -0.126. The van der Waals surface area contributed by atoms with Crippen LogP contribution < -0.4 is 5.32 Å². The summed E-state index contributed by atoms with van der Waals surface area (Å²) < 4.78 is 24.1. The maximum Gasteiger partial charge on any atom is 0.226 e. The monoisotopic (exact) mass is 293 g/mol. The molecule has 0 saturated carbocycles. The molecule has 0 spiro atoms. The van der Waals surface area contributed by atoms with Crippen molar-refractivity contribution in [1.29, 1.82) is 0 Å². The molecule has 1 aromatic carbocycles. The van der Waals surface area contributed by atoms with E-state index >= 15 is 0 Å². The van der Waals surface area contributed by atoms with Crippen LogP contribution in [0.4, 0.5) is 4.39 Å². The van der Waals surface area contributed by atoms with Gasteiger partial charge in [0.05, 0.1) is 24.7 Å². The van der Waals surface area contributed by atoms with E-state index in [9.17, 15) is 9.18 Å². The van der Waals surface area contributed by atoms with Crippen LogP contribution in [-0.4, -0.2) is 31.8 Å². The lowest BCUT2D eigenvalue weighted by Gasteiger charge is -2.26. The second-order valence-corrected chi connectivity index (χ2v) is 5.65. The number of rotatable bonds is 4. The number of halogens is 1. The number of nitrogens with one attached hydrogen (secondary N) is 1. The highest BCUT2D eigenvalue weighted by Crippen LogP contribution is 2.28. The minimum absolute atomic E-state index is 0.00248. The minimum atomic E-state index is -0.277. The van der Waals surface area contributed by atoms with E-state index in [-0.39, 0.29) is 29.8 Å². The van der Waals surface area contributed by atoms with Crippen LogP contribution in [-0.2, 0) is 14.3 Å². The number of amides is 1. The van der Waals surface area contributed by atoms with E-state index in [0.29, 0.717) is 19.8 Å². The third kappa shape index (κ3) is 3.41. The van der Waals surface area contributed by atoms with Gasteiger partial charge in [0.15, 0.2) is 0 Å². The molecule has 2 heterocycles. The topological polar surface area (TPSA) is 47.6 Å². The van der Waals surface area contributed by atoms with Crippen molar-refractivity contribution in [1.82, 2.24) is 5.32 Å². The van der Waals surface area contributed by atoms with Gasteiger partial charge in [-0.2, -0.15) is 0 Å². The van der Waals surface area contributed by atoms with Gasteiger partial charge in [0.2, 0.25) is 5.91 Å².